The number of para-hydroxylation sites is 4. The Morgan fingerprint density at radius 2 is 1.07 bits per heavy atom. The van der Waals surface area contributed by atoms with Crippen LogP contribution in [-0.2, 0) is 4.74 Å². The van der Waals surface area contributed by atoms with E-state index in [0.717, 1.165) is 86.4 Å². The van der Waals surface area contributed by atoms with Crippen molar-refractivity contribution in [1.29, 1.82) is 0 Å². The second-order valence-corrected chi connectivity index (χ2v) is 16.4. The number of anilines is 8. The third-order valence-corrected chi connectivity index (χ3v) is 12.4. The lowest BCUT2D eigenvalue weighted by Crippen LogP contribution is -2.43. The number of aromatic carboxylic acids is 1. The number of thiophene rings is 2. The van der Waals surface area contributed by atoms with Crippen LogP contribution >= 0.6 is 45.3 Å². The fourth-order valence-electron chi connectivity index (χ4n) is 6.23. The van der Waals surface area contributed by atoms with E-state index in [4.69, 9.17) is 4.74 Å². The number of carbonyl (C=O) groups is 4. The molecule has 4 aromatic heterocycles. The highest BCUT2D eigenvalue weighted by Gasteiger charge is 2.21. The molecular formula is C39H40N10O6S4. The number of amides is 2. The lowest BCUT2D eigenvalue weighted by molar-refractivity contribution is 0.0606. The van der Waals surface area contributed by atoms with Gasteiger partial charge in [-0.15, -0.1) is 45.3 Å². The van der Waals surface area contributed by atoms with E-state index >= 15 is 0 Å². The van der Waals surface area contributed by atoms with Gasteiger partial charge in [-0.2, -0.15) is 0 Å². The standard InChI is InChI=1S/C20H21N5O3S2.C19H19N5O3S2/c1-28-19(27)17-14(6-11-29-17)23-20-24-15(12-30-20)18(26)22-13-4-2-3-5-16(13)25-9-7-21-8-10-25;25-17(21-12-3-1-2-4-15(12)24-8-6-20-7-9-24)14-11-29-19(23-14)22-13-5-10-28-16(13)18(26)27/h2-6,11-12,21H,7-10H2,1H3,(H,22,26)(H,23,24);1-5,10-11,20H,6-9H2,(H,21,25)(H,22,23)(H,26,27). The van der Waals surface area contributed by atoms with Gasteiger partial charge in [0, 0.05) is 63.1 Å². The molecule has 2 saturated heterocycles. The summed E-state index contributed by atoms with van der Waals surface area (Å²) in [6, 6.07) is 19.0. The van der Waals surface area contributed by atoms with Gasteiger partial charge in [0.2, 0.25) is 0 Å². The van der Waals surface area contributed by atoms with Gasteiger partial charge >= 0.3 is 11.9 Å². The van der Waals surface area contributed by atoms with Crippen LogP contribution in [0.15, 0.2) is 82.2 Å². The molecule has 2 aromatic carbocycles. The zero-order valence-electron chi connectivity index (χ0n) is 31.7. The molecule has 2 aliphatic rings. The van der Waals surface area contributed by atoms with E-state index in [0.29, 0.717) is 32.2 Å². The molecule has 7 N–H and O–H groups in total. The number of nitrogens with one attached hydrogen (secondary N) is 6. The summed E-state index contributed by atoms with van der Waals surface area (Å²) in [6.07, 6.45) is 0. The summed E-state index contributed by atoms with van der Waals surface area (Å²) in [5.74, 6) is -1.99. The number of thiazole rings is 2. The molecule has 306 valence electrons. The van der Waals surface area contributed by atoms with Crippen molar-refractivity contribution in [2.24, 2.45) is 0 Å². The van der Waals surface area contributed by atoms with Crippen molar-refractivity contribution in [2.45, 2.75) is 0 Å². The zero-order valence-corrected chi connectivity index (χ0v) is 34.9. The van der Waals surface area contributed by atoms with Crippen molar-refractivity contribution in [2.75, 3.05) is 90.5 Å². The molecule has 0 radical (unpaired) electrons. The first-order valence-corrected chi connectivity index (χ1v) is 21.9. The largest absolute Gasteiger partial charge is 0.477 e. The smallest absolute Gasteiger partial charge is 0.350 e. The molecule has 0 bridgehead atoms. The predicted octanol–water partition coefficient (Wildman–Crippen LogP) is 6.71. The molecule has 0 atom stereocenters. The average molecular weight is 873 g/mol. The SMILES string of the molecule is COC(=O)c1sccc1Nc1nc(C(=O)Nc2ccccc2N2CCNCC2)cs1.O=C(Nc1ccccc1N1CCNCC1)c1csc(Nc2ccsc2C(=O)O)n1. The minimum atomic E-state index is -0.999. The van der Waals surface area contributed by atoms with Gasteiger partial charge in [0.05, 0.1) is 41.2 Å². The summed E-state index contributed by atoms with van der Waals surface area (Å²) >= 11 is 4.96. The van der Waals surface area contributed by atoms with E-state index in [1.54, 1.807) is 33.7 Å². The first-order chi connectivity index (χ1) is 28.8. The Morgan fingerprint density at radius 1 is 0.627 bits per heavy atom. The summed E-state index contributed by atoms with van der Waals surface area (Å²) in [6.45, 7) is 7.18. The zero-order chi connectivity index (χ0) is 41.1. The Hall–Kier alpha value is -5.90. The van der Waals surface area contributed by atoms with Gasteiger partial charge in [-0.3, -0.25) is 9.59 Å². The minimum absolute atomic E-state index is 0.205. The third-order valence-electron chi connectivity index (χ3n) is 9.07. The maximum absolute atomic E-state index is 12.8. The number of rotatable bonds is 12. The molecule has 59 heavy (non-hydrogen) atoms. The first kappa shape index (κ1) is 41.3. The lowest BCUT2D eigenvalue weighted by Gasteiger charge is -2.31. The van der Waals surface area contributed by atoms with E-state index in [1.165, 1.54) is 41.1 Å². The number of piperazine rings is 2. The highest BCUT2D eigenvalue weighted by Crippen LogP contribution is 2.32. The lowest BCUT2D eigenvalue weighted by atomic mass is 10.2. The summed E-state index contributed by atoms with van der Waals surface area (Å²) < 4.78 is 4.79. The number of hydrogen-bond acceptors (Lipinski definition) is 17. The molecule has 2 fully saturated rings. The van der Waals surface area contributed by atoms with Crippen molar-refractivity contribution in [3.8, 4) is 0 Å². The van der Waals surface area contributed by atoms with Crippen molar-refractivity contribution in [3.63, 3.8) is 0 Å². The van der Waals surface area contributed by atoms with Crippen molar-refractivity contribution in [1.82, 2.24) is 20.6 Å². The first-order valence-electron chi connectivity index (χ1n) is 18.4. The van der Waals surface area contributed by atoms with Crippen LogP contribution < -0.4 is 41.7 Å². The summed E-state index contributed by atoms with van der Waals surface area (Å²) in [4.78, 5) is 62.4. The molecule has 8 rings (SSSR count). The Balaban J connectivity index is 0.000000179. The van der Waals surface area contributed by atoms with E-state index in [-0.39, 0.29) is 22.4 Å². The Bertz CT molecular complexity index is 2400. The summed E-state index contributed by atoms with van der Waals surface area (Å²) in [5, 5.41) is 35.7. The molecule has 6 aromatic rings. The fraction of sp³-hybridized carbons (Fsp3) is 0.231. The molecule has 0 spiro atoms. The van der Waals surface area contributed by atoms with Crippen LogP contribution in [0.3, 0.4) is 0 Å². The number of carbonyl (C=O) groups excluding carboxylic acids is 3. The predicted molar refractivity (Wildman–Crippen MR) is 237 cm³/mol. The van der Waals surface area contributed by atoms with Crippen LogP contribution in [0.4, 0.5) is 44.4 Å². The summed E-state index contributed by atoms with van der Waals surface area (Å²) in [5.41, 5.74) is 5.16. The minimum Gasteiger partial charge on any atom is -0.477 e. The maximum atomic E-state index is 12.8. The van der Waals surface area contributed by atoms with Crippen molar-refractivity contribution >= 4 is 113 Å². The second-order valence-electron chi connectivity index (χ2n) is 12.9. The number of esters is 1. The molecule has 2 amide bonds. The average Bonchev–Trinajstić information content (AvgIpc) is 4.11. The third kappa shape index (κ3) is 10.4. The number of nitrogens with zero attached hydrogens (tertiary/aromatic N) is 4. The quantitative estimate of drug-likeness (QED) is 0.0640. The highest BCUT2D eigenvalue weighted by atomic mass is 32.1. The van der Waals surface area contributed by atoms with Gasteiger partial charge in [0.25, 0.3) is 11.8 Å². The Labute approximate surface area is 355 Å². The van der Waals surface area contributed by atoms with Crippen LogP contribution in [0.25, 0.3) is 0 Å². The number of aromatic nitrogens is 2. The van der Waals surface area contributed by atoms with Gasteiger partial charge in [-0.25, -0.2) is 19.6 Å². The van der Waals surface area contributed by atoms with Gasteiger partial charge < -0.3 is 51.5 Å². The molecule has 6 heterocycles. The van der Waals surface area contributed by atoms with E-state index in [1.807, 2.05) is 48.5 Å². The van der Waals surface area contributed by atoms with Crippen LogP contribution in [0.1, 0.15) is 40.3 Å². The van der Waals surface area contributed by atoms with Crippen molar-refractivity contribution < 1.29 is 29.0 Å². The number of hydrogen-bond donors (Lipinski definition) is 7. The normalized spacial score (nSPS) is 13.8. The number of benzene rings is 2. The molecule has 0 aliphatic carbocycles. The van der Waals surface area contributed by atoms with E-state index in [2.05, 4.69) is 51.7 Å². The number of methoxy groups -OCH3 is 1. The van der Waals surface area contributed by atoms with Gasteiger partial charge in [0.1, 0.15) is 21.1 Å². The summed E-state index contributed by atoms with van der Waals surface area (Å²) in [7, 11) is 1.34. The molecule has 0 saturated carbocycles. The topological polar surface area (TPSA) is 202 Å². The van der Waals surface area contributed by atoms with E-state index < -0.39 is 11.9 Å². The molecule has 0 unspecified atom stereocenters. The van der Waals surface area contributed by atoms with Gasteiger partial charge in [-0.1, -0.05) is 24.3 Å². The van der Waals surface area contributed by atoms with Gasteiger partial charge in [-0.05, 0) is 47.2 Å². The van der Waals surface area contributed by atoms with Gasteiger partial charge in [0.15, 0.2) is 10.3 Å². The maximum Gasteiger partial charge on any atom is 0.350 e. The molecular weight excluding hydrogens is 833 g/mol. The second kappa shape index (κ2) is 19.7. The Morgan fingerprint density at radius 3 is 1.53 bits per heavy atom. The molecule has 20 heteroatoms. The monoisotopic (exact) mass is 872 g/mol. The molecule has 16 nitrogen and oxygen atoms in total. The van der Waals surface area contributed by atoms with Crippen LogP contribution in [0, 0.1) is 0 Å². The fourth-order valence-corrected chi connectivity index (χ4v) is 9.09. The number of ether oxygens (including phenoxy) is 1. The number of carboxylic acids is 1. The highest BCUT2D eigenvalue weighted by molar-refractivity contribution is 7.15. The molecule has 2 aliphatic heterocycles. The number of carboxylic acid groups (broad SMARTS) is 1. The van der Waals surface area contributed by atoms with Crippen LogP contribution in [0.2, 0.25) is 0 Å². The van der Waals surface area contributed by atoms with E-state index in [9.17, 15) is 24.3 Å². The van der Waals surface area contributed by atoms with Crippen LogP contribution in [-0.4, -0.2) is 98.3 Å². The van der Waals surface area contributed by atoms with Crippen LogP contribution in [0.5, 0.6) is 0 Å². The van der Waals surface area contributed by atoms with Crippen molar-refractivity contribution in [3.05, 3.63) is 103 Å². The Kier molecular flexibility index (Phi) is 13.8.